The smallest absolute Gasteiger partial charge is 0.200 e. The van der Waals surface area contributed by atoms with Crippen LogP contribution in [-0.4, -0.2) is 0 Å². The Balaban J connectivity index is 2.88. The van der Waals surface area contributed by atoms with Crippen molar-refractivity contribution in [3.8, 4) is 0 Å². The Bertz CT molecular complexity index is 438. The molecule has 0 aliphatic heterocycles. The van der Waals surface area contributed by atoms with Gasteiger partial charge in [0.15, 0.2) is 0 Å². The lowest BCUT2D eigenvalue weighted by molar-refractivity contribution is 0.662. The first-order valence-corrected chi connectivity index (χ1v) is 5.21. The molecular formula is C8H5FINS. The van der Waals surface area contributed by atoms with E-state index in [0.29, 0.717) is 0 Å². The van der Waals surface area contributed by atoms with E-state index in [-0.39, 0.29) is 10.8 Å². The zero-order valence-corrected chi connectivity index (χ0v) is 8.95. The first kappa shape index (κ1) is 8.25. The van der Waals surface area contributed by atoms with Crippen molar-refractivity contribution in [1.29, 1.82) is 0 Å². The summed E-state index contributed by atoms with van der Waals surface area (Å²) in [5, 5.41) is 0.538. The third kappa shape index (κ3) is 1.19. The summed E-state index contributed by atoms with van der Waals surface area (Å²) in [6.45, 7) is 0. The number of fused-ring (bicyclic) bond motifs is 1. The van der Waals surface area contributed by atoms with Crippen LogP contribution < -0.4 is 5.73 Å². The molecule has 1 aromatic carbocycles. The quantitative estimate of drug-likeness (QED) is 0.741. The van der Waals surface area contributed by atoms with Gasteiger partial charge in [-0.25, -0.2) is 0 Å². The second-order valence-electron chi connectivity index (χ2n) is 2.43. The van der Waals surface area contributed by atoms with Gasteiger partial charge in [-0.3, -0.25) is 0 Å². The fourth-order valence-electron chi connectivity index (χ4n) is 1.06. The number of halogens is 2. The molecule has 0 unspecified atom stereocenters. The van der Waals surface area contributed by atoms with E-state index in [1.807, 2.05) is 18.2 Å². The van der Waals surface area contributed by atoms with Gasteiger partial charge >= 0.3 is 0 Å². The highest BCUT2D eigenvalue weighted by Crippen LogP contribution is 2.32. The van der Waals surface area contributed by atoms with Crippen molar-refractivity contribution in [2.45, 2.75) is 0 Å². The van der Waals surface area contributed by atoms with Gasteiger partial charge in [0.05, 0.1) is 5.69 Å². The largest absolute Gasteiger partial charge is 0.395 e. The van der Waals surface area contributed by atoms with Crippen LogP contribution in [0.3, 0.4) is 0 Å². The number of nitrogens with two attached hydrogens (primary N) is 1. The Morgan fingerprint density at radius 3 is 2.92 bits per heavy atom. The molecule has 0 aliphatic rings. The number of thiophene rings is 1. The molecule has 1 aromatic heterocycles. The molecule has 0 fully saturated rings. The maximum absolute atomic E-state index is 13.0. The molecule has 0 spiro atoms. The van der Waals surface area contributed by atoms with E-state index in [9.17, 15) is 4.39 Å². The van der Waals surface area contributed by atoms with Gasteiger partial charge in [-0.2, -0.15) is 4.39 Å². The second-order valence-corrected chi connectivity index (χ2v) is 4.68. The van der Waals surface area contributed by atoms with Crippen molar-refractivity contribution in [3.05, 3.63) is 26.9 Å². The predicted octanol–water partition coefficient (Wildman–Crippen LogP) is 3.23. The van der Waals surface area contributed by atoms with Gasteiger partial charge in [0.1, 0.15) is 0 Å². The minimum absolute atomic E-state index is 0.272. The summed E-state index contributed by atoms with van der Waals surface area (Å²) < 4.78 is 14.9. The van der Waals surface area contributed by atoms with Gasteiger partial charge in [-0.05, 0) is 40.8 Å². The van der Waals surface area contributed by atoms with Crippen LogP contribution >= 0.6 is 33.9 Å². The fourth-order valence-corrected chi connectivity index (χ4v) is 2.38. The van der Waals surface area contributed by atoms with Crippen LogP contribution in [0, 0.1) is 8.70 Å². The van der Waals surface area contributed by atoms with E-state index < -0.39 is 0 Å². The van der Waals surface area contributed by atoms with Crippen molar-refractivity contribution < 1.29 is 4.39 Å². The summed E-state index contributed by atoms with van der Waals surface area (Å²) in [5.41, 5.74) is 5.81. The van der Waals surface area contributed by atoms with E-state index in [4.69, 9.17) is 5.73 Å². The third-order valence-electron chi connectivity index (χ3n) is 1.64. The van der Waals surface area contributed by atoms with E-state index in [0.717, 1.165) is 25.0 Å². The number of hydrogen-bond acceptors (Lipinski definition) is 2. The Morgan fingerprint density at radius 2 is 2.17 bits per heavy atom. The molecule has 0 radical (unpaired) electrons. The van der Waals surface area contributed by atoms with E-state index in [2.05, 4.69) is 22.6 Å². The van der Waals surface area contributed by atoms with Gasteiger partial charge in [0.25, 0.3) is 0 Å². The zero-order valence-electron chi connectivity index (χ0n) is 5.97. The van der Waals surface area contributed by atoms with Gasteiger partial charge in [-0.1, -0.05) is 0 Å². The SMILES string of the molecule is Nc1c(F)sc2ccc(I)cc12. The normalized spacial score (nSPS) is 10.8. The zero-order chi connectivity index (χ0) is 8.72. The average molecular weight is 293 g/mol. The molecule has 62 valence electrons. The van der Waals surface area contributed by atoms with Crippen molar-refractivity contribution in [2.24, 2.45) is 0 Å². The molecule has 0 amide bonds. The highest BCUT2D eigenvalue weighted by Gasteiger charge is 2.07. The van der Waals surface area contributed by atoms with E-state index in [1.54, 1.807) is 0 Å². The van der Waals surface area contributed by atoms with Crippen molar-refractivity contribution in [3.63, 3.8) is 0 Å². The topological polar surface area (TPSA) is 26.0 Å². The Kier molecular flexibility index (Phi) is 1.96. The number of nitrogen functional groups attached to an aromatic ring is 1. The Hall–Kier alpha value is -0.360. The van der Waals surface area contributed by atoms with E-state index >= 15 is 0 Å². The molecule has 4 heteroatoms. The van der Waals surface area contributed by atoms with Gasteiger partial charge in [-0.15, -0.1) is 11.3 Å². The molecule has 2 rings (SSSR count). The summed E-state index contributed by atoms with van der Waals surface area (Å²) in [6.07, 6.45) is 0. The van der Waals surface area contributed by atoms with Crippen LogP contribution in [0.1, 0.15) is 0 Å². The minimum atomic E-state index is -0.285. The molecule has 12 heavy (non-hydrogen) atoms. The number of rotatable bonds is 0. The number of hydrogen-bond donors (Lipinski definition) is 1. The highest BCUT2D eigenvalue weighted by molar-refractivity contribution is 14.1. The number of benzene rings is 1. The van der Waals surface area contributed by atoms with Crippen LogP contribution in [0.5, 0.6) is 0 Å². The lowest BCUT2D eigenvalue weighted by Gasteiger charge is -1.91. The molecule has 0 saturated carbocycles. The van der Waals surface area contributed by atoms with Crippen LogP contribution in [0.2, 0.25) is 0 Å². The molecule has 0 aliphatic carbocycles. The number of anilines is 1. The van der Waals surface area contributed by atoms with Crippen molar-refractivity contribution in [1.82, 2.24) is 0 Å². The van der Waals surface area contributed by atoms with Crippen molar-refractivity contribution >= 4 is 49.7 Å². The van der Waals surface area contributed by atoms with Gasteiger partial charge in [0, 0.05) is 13.7 Å². The first-order valence-electron chi connectivity index (χ1n) is 3.31. The fraction of sp³-hybridized carbons (Fsp3) is 0. The highest BCUT2D eigenvalue weighted by atomic mass is 127. The molecule has 0 bridgehead atoms. The molecule has 2 N–H and O–H groups in total. The average Bonchev–Trinajstić information content (AvgIpc) is 2.31. The van der Waals surface area contributed by atoms with Crippen LogP contribution in [-0.2, 0) is 0 Å². The van der Waals surface area contributed by atoms with Crippen LogP contribution in [0.4, 0.5) is 10.1 Å². The van der Waals surface area contributed by atoms with Crippen LogP contribution in [0.15, 0.2) is 18.2 Å². The lowest BCUT2D eigenvalue weighted by Crippen LogP contribution is -1.84. The molecule has 1 nitrogen and oxygen atoms in total. The maximum Gasteiger partial charge on any atom is 0.200 e. The maximum atomic E-state index is 13.0. The van der Waals surface area contributed by atoms with Crippen LogP contribution in [0.25, 0.3) is 10.1 Å². The monoisotopic (exact) mass is 293 g/mol. The molecule has 0 atom stereocenters. The Labute approximate surface area is 86.5 Å². The molecule has 2 aromatic rings. The summed E-state index contributed by atoms with van der Waals surface area (Å²) in [7, 11) is 0. The standard InChI is InChI=1S/C8H5FINS/c9-8-7(11)5-3-4(10)1-2-6(5)12-8/h1-3H,11H2. The minimum Gasteiger partial charge on any atom is -0.395 e. The first-order chi connectivity index (χ1) is 5.68. The summed E-state index contributed by atoms with van der Waals surface area (Å²) in [4.78, 5) is 0. The molecule has 1 heterocycles. The summed E-state index contributed by atoms with van der Waals surface area (Å²) in [6, 6.07) is 5.73. The lowest BCUT2D eigenvalue weighted by atomic mass is 10.2. The molecule has 0 saturated heterocycles. The summed E-state index contributed by atoms with van der Waals surface area (Å²) in [5.74, 6) is 0. The Morgan fingerprint density at radius 1 is 1.42 bits per heavy atom. The van der Waals surface area contributed by atoms with Crippen molar-refractivity contribution in [2.75, 3.05) is 5.73 Å². The predicted molar refractivity (Wildman–Crippen MR) is 58.9 cm³/mol. The molecular weight excluding hydrogens is 288 g/mol. The van der Waals surface area contributed by atoms with Gasteiger partial charge < -0.3 is 5.73 Å². The summed E-state index contributed by atoms with van der Waals surface area (Å²) >= 11 is 3.27. The third-order valence-corrected chi connectivity index (χ3v) is 3.29. The second kappa shape index (κ2) is 2.85. The van der Waals surface area contributed by atoms with E-state index in [1.165, 1.54) is 0 Å². The van der Waals surface area contributed by atoms with Gasteiger partial charge in [0.2, 0.25) is 5.13 Å².